The van der Waals surface area contributed by atoms with Crippen molar-refractivity contribution in [2.75, 3.05) is 17.3 Å². The van der Waals surface area contributed by atoms with E-state index in [4.69, 9.17) is 16.3 Å². The van der Waals surface area contributed by atoms with Crippen LogP contribution in [-0.4, -0.2) is 18.9 Å². The van der Waals surface area contributed by atoms with Crippen LogP contribution in [0.1, 0.15) is 16.7 Å². The van der Waals surface area contributed by atoms with Crippen molar-refractivity contribution in [3.8, 4) is 5.75 Å². The predicted octanol–water partition coefficient (Wildman–Crippen LogP) is 5.36. The van der Waals surface area contributed by atoms with E-state index < -0.39 is 11.8 Å². The second kappa shape index (κ2) is 8.28. The van der Waals surface area contributed by atoms with E-state index in [1.54, 1.807) is 48.5 Å². The van der Waals surface area contributed by atoms with Gasteiger partial charge >= 0.3 is 0 Å². The van der Waals surface area contributed by atoms with Crippen LogP contribution in [0.15, 0.2) is 72.4 Å². The summed E-state index contributed by atoms with van der Waals surface area (Å²) in [6.07, 6.45) is 0. The number of nitrogens with one attached hydrogen (secondary N) is 1. The summed E-state index contributed by atoms with van der Waals surface area (Å²) in [5.74, 6) is -0.437. The number of rotatable bonds is 5. The van der Waals surface area contributed by atoms with Gasteiger partial charge in [-0.2, -0.15) is 0 Å². The molecule has 1 aliphatic heterocycles. The van der Waals surface area contributed by atoms with Crippen LogP contribution in [-0.2, 0) is 9.59 Å². The lowest BCUT2D eigenvalue weighted by atomic mass is 10.0. The third-order valence-electron chi connectivity index (χ3n) is 5.32. The summed E-state index contributed by atoms with van der Waals surface area (Å²) in [6, 6.07) is 19.6. The molecule has 5 nitrogen and oxygen atoms in total. The van der Waals surface area contributed by atoms with Crippen molar-refractivity contribution in [1.29, 1.82) is 0 Å². The molecule has 0 bridgehead atoms. The van der Waals surface area contributed by atoms with Crippen LogP contribution in [0, 0.1) is 13.8 Å². The molecule has 4 rings (SSSR count). The predicted molar refractivity (Wildman–Crippen MR) is 123 cm³/mol. The standard InChI is InChI=1S/C25H21ClN2O3/c1-15-8-13-19(14-16(15)2)27-23-22(17-9-11-18(26)12-10-17)24(29)28(25(23)30)20-6-4-5-7-21(20)31-3/h4-14,27H,1-3H3. The first-order chi connectivity index (χ1) is 14.9. The first kappa shape index (κ1) is 20.7. The summed E-state index contributed by atoms with van der Waals surface area (Å²) < 4.78 is 5.39. The molecule has 6 heteroatoms. The molecule has 1 aliphatic rings. The number of benzene rings is 3. The lowest BCUT2D eigenvalue weighted by Crippen LogP contribution is -2.32. The molecule has 0 fully saturated rings. The van der Waals surface area contributed by atoms with E-state index >= 15 is 0 Å². The number of carbonyl (C=O) groups is 2. The SMILES string of the molecule is COc1ccccc1N1C(=O)C(Nc2ccc(C)c(C)c2)=C(c2ccc(Cl)cc2)C1=O. The molecule has 1 heterocycles. The van der Waals surface area contributed by atoms with Crippen molar-refractivity contribution in [1.82, 2.24) is 0 Å². The first-order valence-corrected chi connectivity index (χ1v) is 10.1. The zero-order chi connectivity index (χ0) is 22.1. The van der Waals surface area contributed by atoms with E-state index in [0.717, 1.165) is 21.7 Å². The zero-order valence-electron chi connectivity index (χ0n) is 17.4. The van der Waals surface area contributed by atoms with Crippen LogP contribution >= 0.6 is 11.6 Å². The normalized spacial score (nSPS) is 13.7. The van der Waals surface area contributed by atoms with Crippen LogP contribution in [0.2, 0.25) is 5.02 Å². The zero-order valence-corrected chi connectivity index (χ0v) is 18.2. The number of para-hydroxylation sites is 2. The second-order valence-electron chi connectivity index (χ2n) is 7.30. The van der Waals surface area contributed by atoms with Gasteiger partial charge in [0.05, 0.1) is 18.4 Å². The van der Waals surface area contributed by atoms with Crippen molar-refractivity contribution in [2.24, 2.45) is 0 Å². The van der Waals surface area contributed by atoms with Gasteiger partial charge in [0, 0.05) is 10.7 Å². The van der Waals surface area contributed by atoms with Gasteiger partial charge in [0.15, 0.2) is 0 Å². The molecule has 3 aromatic carbocycles. The Bertz CT molecular complexity index is 1220. The lowest BCUT2D eigenvalue weighted by Gasteiger charge is -2.18. The molecule has 156 valence electrons. The molecule has 0 aromatic heterocycles. The molecule has 0 saturated carbocycles. The fraction of sp³-hybridized carbons (Fsp3) is 0.120. The smallest absolute Gasteiger partial charge is 0.282 e. The van der Waals surface area contributed by atoms with Crippen molar-refractivity contribution >= 4 is 40.4 Å². The highest BCUT2D eigenvalue weighted by Crippen LogP contribution is 2.38. The Labute approximate surface area is 185 Å². The van der Waals surface area contributed by atoms with Gasteiger partial charge in [0.2, 0.25) is 0 Å². The minimum absolute atomic E-state index is 0.210. The number of hydrogen-bond acceptors (Lipinski definition) is 4. The van der Waals surface area contributed by atoms with Crippen molar-refractivity contribution in [2.45, 2.75) is 13.8 Å². The first-order valence-electron chi connectivity index (χ1n) is 9.77. The van der Waals surface area contributed by atoms with Gasteiger partial charge in [-0.3, -0.25) is 9.59 Å². The number of halogens is 1. The number of nitrogens with zero attached hydrogens (tertiary/aromatic N) is 1. The average molecular weight is 433 g/mol. The number of hydrogen-bond donors (Lipinski definition) is 1. The fourth-order valence-electron chi connectivity index (χ4n) is 3.53. The van der Waals surface area contributed by atoms with E-state index in [1.165, 1.54) is 7.11 Å². The summed E-state index contributed by atoms with van der Waals surface area (Å²) in [5, 5.41) is 3.73. The minimum atomic E-state index is -0.447. The highest BCUT2D eigenvalue weighted by atomic mass is 35.5. The molecule has 2 amide bonds. The Balaban J connectivity index is 1.84. The molecule has 0 unspecified atom stereocenters. The van der Waals surface area contributed by atoms with Gasteiger partial charge in [-0.1, -0.05) is 41.9 Å². The molecule has 0 aliphatic carbocycles. The third kappa shape index (κ3) is 3.80. The monoisotopic (exact) mass is 432 g/mol. The molecule has 31 heavy (non-hydrogen) atoms. The molecule has 1 N–H and O–H groups in total. The Kier molecular flexibility index (Phi) is 5.53. The van der Waals surface area contributed by atoms with Gasteiger partial charge in [-0.15, -0.1) is 0 Å². The number of aryl methyl sites for hydroxylation is 2. The van der Waals surface area contributed by atoms with Crippen LogP contribution in [0.25, 0.3) is 5.57 Å². The summed E-state index contributed by atoms with van der Waals surface area (Å²) in [5.41, 5.74) is 4.44. The summed E-state index contributed by atoms with van der Waals surface area (Å²) >= 11 is 6.04. The topological polar surface area (TPSA) is 58.6 Å². The van der Waals surface area contributed by atoms with E-state index in [-0.39, 0.29) is 11.3 Å². The Hall–Kier alpha value is -3.57. The number of methoxy groups -OCH3 is 1. The van der Waals surface area contributed by atoms with Crippen LogP contribution in [0.3, 0.4) is 0 Å². The Morgan fingerprint density at radius 1 is 0.871 bits per heavy atom. The lowest BCUT2D eigenvalue weighted by molar-refractivity contribution is -0.120. The Morgan fingerprint density at radius 3 is 2.26 bits per heavy atom. The highest BCUT2D eigenvalue weighted by Gasteiger charge is 2.41. The van der Waals surface area contributed by atoms with Crippen molar-refractivity contribution < 1.29 is 14.3 Å². The van der Waals surface area contributed by atoms with Crippen LogP contribution < -0.4 is 15.0 Å². The molecule has 0 saturated heterocycles. The van der Waals surface area contributed by atoms with E-state index in [2.05, 4.69) is 5.32 Å². The largest absolute Gasteiger partial charge is 0.495 e. The molecular weight excluding hydrogens is 412 g/mol. The van der Waals surface area contributed by atoms with Gasteiger partial charge in [0.25, 0.3) is 11.8 Å². The maximum atomic E-state index is 13.5. The third-order valence-corrected chi connectivity index (χ3v) is 5.57. The van der Waals surface area contributed by atoms with Crippen molar-refractivity contribution in [3.63, 3.8) is 0 Å². The van der Waals surface area contributed by atoms with E-state index in [9.17, 15) is 9.59 Å². The number of amides is 2. The van der Waals surface area contributed by atoms with Gasteiger partial charge in [-0.25, -0.2) is 4.90 Å². The number of ether oxygens (including phenoxy) is 1. The maximum absolute atomic E-state index is 13.5. The van der Waals surface area contributed by atoms with Crippen LogP contribution in [0.4, 0.5) is 11.4 Å². The van der Waals surface area contributed by atoms with Crippen molar-refractivity contribution in [3.05, 3.63) is 94.1 Å². The minimum Gasteiger partial charge on any atom is -0.495 e. The van der Waals surface area contributed by atoms with Gasteiger partial charge in [-0.05, 0) is 66.9 Å². The van der Waals surface area contributed by atoms with E-state index in [1.807, 2.05) is 32.0 Å². The van der Waals surface area contributed by atoms with Crippen LogP contribution in [0.5, 0.6) is 5.75 Å². The highest BCUT2D eigenvalue weighted by molar-refractivity contribution is 6.46. The molecule has 0 atom stereocenters. The number of carbonyl (C=O) groups excluding carboxylic acids is 2. The summed E-state index contributed by atoms with van der Waals surface area (Å²) in [6.45, 7) is 4.02. The Morgan fingerprint density at radius 2 is 1.58 bits per heavy atom. The van der Waals surface area contributed by atoms with Gasteiger partial charge < -0.3 is 10.1 Å². The average Bonchev–Trinajstić information content (AvgIpc) is 3.01. The second-order valence-corrected chi connectivity index (χ2v) is 7.73. The molecular formula is C25H21ClN2O3. The molecule has 3 aromatic rings. The fourth-order valence-corrected chi connectivity index (χ4v) is 3.65. The number of imide groups is 1. The quantitative estimate of drug-likeness (QED) is 0.551. The van der Waals surface area contributed by atoms with E-state index in [0.29, 0.717) is 22.0 Å². The number of anilines is 2. The molecule has 0 radical (unpaired) electrons. The summed E-state index contributed by atoms with van der Waals surface area (Å²) in [7, 11) is 1.51. The summed E-state index contributed by atoms with van der Waals surface area (Å²) in [4.78, 5) is 28.1. The van der Waals surface area contributed by atoms with Gasteiger partial charge in [0.1, 0.15) is 11.4 Å². The maximum Gasteiger partial charge on any atom is 0.282 e. The molecule has 0 spiro atoms.